The van der Waals surface area contributed by atoms with E-state index in [1.807, 2.05) is 30.3 Å². The van der Waals surface area contributed by atoms with E-state index >= 15 is 0 Å². The average Bonchev–Trinajstić information content (AvgIpc) is 3.02. The molecule has 7 nitrogen and oxygen atoms in total. The van der Waals surface area contributed by atoms with E-state index in [2.05, 4.69) is 20.0 Å². The Balaban J connectivity index is 1.50. The average molecular weight is 436 g/mol. The summed E-state index contributed by atoms with van der Waals surface area (Å²) in [5, 5.41) is 8.09. The molecular formula is C20H19Cl2N3O4. The van der Waals surface area contributed by atoms with Crippen molar-refractivity contribution >= 4 is 23.2 Å². The number of benzene rings is 2. The second-order valence-corrected chi connectivity index (χ2v) is 7.53. The van der Waals surface area contributed by atoms with Crippen LogP contribution in [0, 0.1) is 5.92 Å². The molecule has 1 fully saturated rings. The van der Waals surface area contributed by atoms with Crippen molar-refractivity contribution in [1.29, 1.82) is 0 Å². The van der Waals surface area contributed by atoms with E-state index in [-0.39, 0.29) is 12.0 Å². The Morgan fingerprint density at radius 1 is 1.17 bits per heavy atom. The van der Waals surface area contributed by atoms with Gasteiger partial charge in [0, 0.05) is 24.6 Å². The normalized spacial score (nSPS) is 19.7. The number of halogens is 2. The molecule has 9 heteroatoms. The quantitative estimate of drug-likeness (QED) is 0.634. The van der Waals surface area contributed by atoms with Gasteiger partial charge in [-0.05, 0) is 29.8 Å². The largest absolute Gasteiger partial charge is 0.493 e. The lowest BCUT2D eigenvalue weighted by molar-refractivity contribution is 0.0153. The van der Waals surface area contributed by atoms with Gasteiger partial charge in [-0.15, -0.1) is 0 Å². The van der Waals surface area contributed by atoms with Crippen molar-refractivity contribution in [2.75, 3.05) is 26.3 Å². The third-order valence-corrected chi connectivity index (χ3v) is 5.43. The molecule has 152 valence electrons. The first-order chi connectivity index (χ1) is 14.1. The predicted molar refractivity (Wildman–Crippen MR) is 110 cm³/mol. The van der Waals surface area contributed by atoms with Crippen molar-refractivity contribution in [3.05, 3.63) is 68.6 Å². The van der Waals surface area contributed by atoms with Crippen LogP contribution in [0.25, 0.3) is 11.4 Å². The monoisotopic (exact) mass is 435 g/mol. The first kappa shape index (κ1) is 20.0. The van der Waals surface area contributed by atoms with Gasteiger partial charge in [-0.1, -0.05) is 46.6 Å². The Bertz CT molecular complexity index is 1040. The number of rotatable bonds is 5. The summed E-state index contributed by atoms with van der Waals surface area (Å²) in [6.45, 7) is 2.53. The molecule has 1 aliphatic heterocycles. The predicted octanol–water partition coefficient (Wildman–Crippen LogP) is 3.69. The molecular weight excluding hydrogens is 417 g/mol. The summed E-state index contributed by atoms with van der Waals surface area (Å²) in [5.74, 6) is 0.472. The summed E-state index contributed by atoms with van der Waals surface area (Å²) >= 11 is 12.3. The number of H-pyrrole nitrogens is 1. The van der Waals surface area contributed by atoms with E-state index in [1.165, 1.54) is 0 Å². The van der Waals surface area contributed by atoms with Crippen LogP contribution >= 0.6 is 23.2 Å². The lowest BCUT2D eigenvalue weighted by Crippen LogP contribution is -2.29. The molecule has 29 heavy (non-hydrogen) atoms. The molecule has 3 aromatic rings. The summed E-state index contributed by atoms with van der Waals surface area (Å²) in [6.07, 6.45) is -0.171. The third kappa shape index (κ3) is 4.82. The highest BCUT2D eigenvalue weighted by atomic mass is 35.5. The van der Waals surface area contributed by atoms with Crippen LogP contribution in [0.5, 0.6) is 5.75 Å². The number of hydrogen-bond donors (Lipinski definition) is 2. The second-order valence-electron chi connectivity index (χ2n) is 6.71. The third-order valence-electron chi connectivity index (χ3n) is 4.69. The van der Waals surface area contributed by atoms with E-state index in [9.17, 15) is 4.79 Å². The van der Waals surface area contributed by atoms with Crippen LogP contribution in [0.3, 0.4) is 0 Å². The molecule has 1 aromatic heterocycles. The molecule has 0 amide bonds. The number of nitrogens with one attached hydrogen (secondary N) is 2. The Labute approximate surface area is 176 Å². The van der Waals surface area contributed by atoms with Crippen LogP contribution in [-0.4, -0.2) is 36.4 Å². The fourth-order valence-electron chi connectivity index (χ4n) is 3.28. The molecule has 0 bridgehead atoms. The molecule has 0 radical (unpaired) electrons. The molecule has 4 rings (SSSR count). The van der Waals surface area contributed by atoms with Gasteiger partial charge < -0.3 is 14.8 Å². The van der Waals surface area contributed by atoms with Gasteiger partial charge in [0.15, 0.2) is 5.82 Å². The zero-order valence-electron chi connectivity index (χ0n) is 15.4. The molecule has 2 aromatic carbocycles. The Morgan fingerprint density at radius 3 is 2.86 bits per heavy atom. The van der Waals surface area contributed by atoms with E-state index in [0.717, 1.165) is 18.7 Å². The van der Waals surface area contributed by atoms with Crippen molar-refractivity contribution in [3.8, 4) is 17.1 Å². The Morgan fingerprint density at radius 2 is 2.07 bits per heavy atom. The number of aromatic amines is 1. The minimum absolute atomic E-state index is 0.0604. The van der Waals surface area contributed by atoms with E-state index in [1.54, 1.807) is 12.1 Å². The minimum Gasteiger partial charge on any atom is -0.493 e. The summed E-state index contributed by atoms with van der Waals surface area (Å²) < 4.78 is 16.7. The second kappa shape index (κ2) is 9.00. The molecule has 0 unspecified atom stereocenters. The number of hydrogen-bond acceptors (Lipinski definition) is 6. The zero-order chi connectivity index (χ0) is 20.2. The first-order valence-corrected chi connectivity index (χ1v) is 9.92. The molecule has 1 aliphatic rings. The van der Waals surface area contributed by atoms with Crippen LogP contribution in [0.4, 0.5) is 0 Å². The van der Waals surface area contributed by atoms with Crippen LogP contribution in [0.2, 0.25) is 10.0 Å². The van der Waals surface area contributed by atoms with Gasteiger partial charge in [0.25, 0.3) is 0 Å². The smallest absolute Gasteiger partial charge is 0.439 e. The van der Waals surface area contributed by atoms with E-state index in [0.29, 0.717) is 40.4 Å². The van der Waals surface area contributed by atoms with Crippen LogP contribution < -0.4 is 15.8 Å². The van der Waals surface area contributed by atoms with Crippen LogP contribution in [0.15, 0.2) is 51.8 Å². The summed E-state index contributed by atoms with van der Waals surface area (Å²) in [6, 6.07) is 12.8. The highest BCUT2D eigenvalue weighted by molar-refractivity contribution is 6.42. The van der Waals surface area contributed by atoms with Crippen molar-refractivity contribution in [2.45, 2.75) is 6.10 Å². The Hall–Kier alpha value is -2.32. The molecule has 1 saturated heterocycles. The standard InChI is InChI=1S/C20H19Cl2N3O4/c21-16-5-4-12(9-17(16)22)18-14(10-23-6-7-27-18)11-28-15-3-1-2-13(8-15)19-24-20(26)29-25-19/h1-5,8-9,14,18,23H,6-7,10-11H2,(H,24,25,26)/t14-,18-/m0/s1. The van der Waals surface area contributed by atoms with Crippen LogP contribution in [-0.2, 0) is 4.74 Å². The van der Waals surface area contributed by atoms with E-state index < -0.39 is 5.76 Å². The van der Waals surface area contributed by atoms with Crippen molar-refractivity contribution in [3.63, 3.8) is 0 Å². The molecule has 2 atom stereocenters. The summed E-state index contributed by atoms with van der Waals surface area (Å²) in [5.41, 5.74) is 1.66. The number of nitrogens with zero attached hydrogens (tertiary/aromatic N) is 1. The van der Waals surface area contributed by atoms with Crippen molar-refractivity contribution in [1.82, 2.24) is 15.5 Å². The fourth-order valence-corrected chi connectivity index (χ4v) is 3.59. The molecule has 0 spiro atoms. The minimum atomic E-state index is -0.600. The lowest BCUT2D eigenvalue weighted by atomic mass is 9.96. The van der Waals surface area contributed by atoms with Gasteiger partial charge in [-0.2, -0.15) is 0 Å². The topological polar surface area (TPSA) is 89.4 Å². The van der Waals surface area contributed by atoms with Gasteiger partial charge >= 0.3 is 5.76 Å². The van der Waals surface area contributed by atoms with Crippen molar-refractivity contribution in [2.24, 2.45) is 5.92 Å². The molecule has 0 saturated carbocycles. The number of ether oxygens (including phenoxy) is 2. The molecule has 2 heterocycles. The summed E-state index contributed by atoms with van der Waals surface area (Å²) in [7, 11) is 0. The maximum Gasteiger partial charge on any atom is 0.439 e. The SMILES string of the molecule is O=c1[nH]c(-c2cccc(OC[C@@H]3CNCCO[C@H]3c3ccc(Cl)c(Cl)c3)c2)no1. The van der Waals surface area contributed by atoms with Gasteiger partial charge in [0.05, 0.1) is 29.4 Å². The highest BCUT2D eigenvalue weighted by Gasteiger charge is 2.27. The van der Waals surface area contributed by atoms with Crippen molar-refractivity contribution < 1.29 is 14.0 Å². The van der Waals surface area contributed by atoms with Gasteiger partial charge in [-0.25, -0.2) is 4.79 Å². The van der Waals surface area contributed by atoms with Crippen LogP contribution in [0.1, 0.15) is 11.7 Å². The first-order valence-electron chi connectivity index (χ1n) is 9.16. The fraction of sp³-hybridized carbons (Fsp3) is 0.300. The summed E-state index contributed by atoms with van der Waals surface area (Å²) in [4.78, 5) is 13.7. The Kier molecular flexibility index (Phi) is 6.20. The zero-order valence-corrected chi connectivity index (χ0v) is 16.9. The molecule has 2 N–H and O–H groups in total. The van der Waals surface area contributed by atoms with Gasteiger partial charge in [-0.3, -0.25) is 9.51 Å². The maximum absolute atomic E-state index is 11.2. The number of aromatic nitrogens is 2. The molecule has 0 aliphatic carbocycles. The van der Waals surface area contributed by atoms with E-state index in [4.69, 9.17) is 32.7 Å². The maximum atomic E-state index is 11.2. The van der Waals surface area contributed by atoms with Gasteiger partial charge in [0.2, 0.25) is 0 Å². The lowest BCUT2D eigenvalue weighted by Gasteiger charge is -2.25. The van der Waals surface area contributed by atoms with Gasteiger partial charge in [0.1, 0.15) is 5.75 Å². The highest BCUT2D eigenvalue weighted by Crippen LogP contribution is 2.32.